The molecule has 2 aromatic carbocycles. The number of aliphatic hydroxyl groups excluding tert-OH is 1. The Morgan fingerprint density at radius 1 is 0.885 bits per heavy atom. The highest BCUT2D eigenvalue weighted by Crippen LogP contribution is 2.26. The number of hydrogen-bond donors (Lipinski definition) is 2. The maximum atomic E-state index is 9.35. The van der Waals surface area contributed by atoms with Crippen LogP contribution in [-0.2, 0) is 6.61 Å². The van der Waals surface area contributed by atoms with Crippen LogP contribution in [0.3, 0.4) is 0 Å². The first-order chi connectivity index (χ1) is 12.8. The van der Waals surface area contributed by atoms with Gasteiger partial charge in [0, 0.05) is 35.1 Å². The molecule has 5 aromatic rings. The summed E-state index contributed by atoms with van der Waals surface area (Å²) in [5, 5.41) is 10.5. The highest BCUT2D eigenvalue weighted by molar-refractivity contribution is 5.84. The van der Waals surface area contributed by atoms with Crippen LogP contribution in [0.1, 0.15) is 5.56 Å². The Balaban J connectivity index is 1.59. The Labute approximate surface area is 150 Å². The molecule has 0 aliphatic rings. The number of H-pyrrole nitrogens is 1. The standard InChI is InChI=1S/C22H17N3O/c26-14-15-2-1-3-16(10-15)19-5-7-22-24-21(13-25(22)12-19)17-4-6-20-18(11-17)8-9-23-20/h1-13,23,26H,14H2. The number of benzene rings is 2. The Morgan fingerprint density at radius 2 is 1.81 bits per heavy atom. The summed E-state index contributed by atoms with van der Waals surface area (Å²) in [6, 6.07) is 20.5. The average molecular weight is 339 g/mol. The topological polar surface area (TPSA) is 53.3 Å². The molecule has 0 saturated heterocycles. The summed E-state index contributed by atoms with van der Waals surface area (Å²) in [5.74, 6) is 0. The number of aliphatic hydroxyl groups is 1. The van der Waals surface area contributed by atoms with Crippen molar-refractivity contribution in [2.75, 3.05) is 0 Å². The van der Waals surface area contributed by atoms with Crippen LogP contribution in [-0.4, -0.2) is 19.5 Å². The number of imidazole rings is 1. The van der Waals surface area contributed by atoms with E-state index < -0.39 is 0 Å². The van der Waals surface area contributed by atoms with Crippen LogP contribution in [0.2, 0.25) is 0 Å². The quantitative estimate of drug-likeness (QED) is 0.503. The molecule has 5 rings (SSSR count). The molecule has 0 atom stereocenters. The van der Waals surface area contributed by atoms with E-state index in [4.69, 9.17) is 4.98 Å². The summed E-state index contributed by atoms with van der Waals surface area (Å²) in [4.78, 5) is 7.97. The summed E-state index contributed by atoms with van der Waals surface area (Å²) in [6.07, 6.45) is 6.09. The van der Waals surface area contributed by atoms with Crippen molar-refractivity contribution in [1.82, 2.24) is 14.4 Å². The van der Waals surface area contributed by atoms with Crippen LogP contribution in [0.25, 0.3) is 38.9 Å². The lowest BCUT2D eigenvalue weighted by molar-refractivity contribution is 0.282. The molecule has 0 aliphatic carbocycles. The minimum absolute atomic E-state index is 0.0486. The van der Waals surface area contributed by atoms with E-state index in [1.165, 1.54) is 5.39 Å². The molecule has 0 fully saturated rings. The first-order valence-corrected chi connectivity index (χ1v) is 8.57. The molecular weight excluding hydrogens is 322 g/mol. The van der Waals surface area contributed by atoms with Crippen LogP contribution >= 0.6 is 0 Å². The molecule has 4 heteroatoms. The fraction of sp³-hybridized carbons (Fsp3) is 0.0455. The zero-order valence-corrected chi connectivity index (χ0v) is 14.1. The summed E-state index contributed by atoms with van der Waals surface area (Å²) in [7, 11) is 0. The first kappa shape index (κ1) is 14.9. The zero-order chi connectivity index (χ0) is 17.5. The van der Waals surface area contributed by atoms with Crippen LogP contribution in [0, 0.1) is 0 Å². The van der Waals surface area contributed by atoms with Crippen molar-refractivity contribution in [2.24, 2.45) is 0 Å². The third-order valence-electron chi connectivity index (χ3n) is 4.74. The van der Waals surface area contributed by atoms with Gasteiger partial charge in [-0.3, -0.25) is 0 Å². The van der Waals surface area contributed by atoms with Crippen molar-refractivity contribution in [3.63, 3.8) is 0 Å². The number of rotatable bonds is 3. The van der Waals surface area contributed by atoms with Gasteiger partial charge in [0.1, 0.15) is 5.65 Å². The van der Waals surface area contributed by atoms with E-state index in [1.54, 1.807) is 0 Å². The highest BCUT2D eigenvalue weighted by Gasteiger charge is 2.07. The molecule has 0 spiro atoms. The lowest BCUT2D eigenvalue weighted by Gasteiger charge is -2.04. The van der Waals surface area contributed by atoms with E-state index in [1.807, 2.05) is 30.5 Å². The van der Waals surface area contributed by atoms with Gasteiger partial charge in [-0.1, -0.05) is 24.3 Å². The Bertz CT molecular complexity index is 1230. The van der Waals surface area contributed by atoms with Gasteiger partial charge in [-0.2, -0.15) is 0 Å². The number of nitrogens with one attached hydrogen (secondary N) is 1. The number of aromatic amines is 1. The van der Waals surface area contributed by atoms with Crippen LogP contribution in [0.5, 0.6) is 0 Å². The number of hydrogen-bond acceptors (Lipinski definition) is 2. The summed E-state index contributed by atoms with van der Waals surface area (Å²) < 4.78 is 2.05. The molecule has 0 radical (unpaired) electrons. The molecule has 0 bridgehead atoms. The average Bonchev–Trinajstić information content (AvgIpc) is 3.33. The fourth-order valence-electron chi connectivity index (χ4n) is 3.36. The number of aromatic nitrogens is 3. The number of fused-ring (bicyclic) bond motifs is 2. The summed E-state index contributed by atoms with van der Waals surface area (Å²) >= 11 is 0. The van der Waals surface area contributed by atoms with Crippen LogP contribution < -0.4 is 0 Å². The predicted molar refractivity (Wildman–Crippen MR) is 104 cm³/mol. The van der Waals surface area contributed by atoms with Crippen molar-refractivity contribution in [3.05, 3.63) is 84.8 Å². The van der Waals surface area contributed by atoms with Gasteiger partial charge in [0.05, 0.1) is 12.3 Å². The monoisotopic (exact) mass is 339 g/mol. The van der Waals surface area contributed by atoms with E-state index in [0.29, 0.717) is 0 Å². The second-order valence-corrected chi connectivity index (χ2v) is 6.45. The van der Waals surface area contributed by atoms with E-state index in [2.05, 4.69) is 58.2 Å². The van der Waals surface area contributed by atoms with Gasteiger partial charge in [-0.25, -0.2) is 4.98 Å². The van der Waals surface area contributed by atoms with Gasteiger partial charge in [-0.15, -0.1) is 0 Å². The number of pyridine rings is 1. The Morgan fingerprint density at radius 3 is 2.73 bits per heavy atom. The molecule has 0 amide bonds. The van der Waals surface area contributed by atoms with Gasteiger partial charge in [-0.05, 0) is 53.1 Å². The minimum atomic E-state index is 0.0486. The number of nitrogens with zero attached hydrogens (tertiary/aromatic N) is 2. The highest BCUT2D eigenvalue weighted by atomic mass is 16.3. The van der Waals surface area contributed by atoms with Gasteiger partial charge in [0.25, 0.3) is 0 Å². The normalized spacial score (nSPS) is 11.4. The SMILES string of the molecule is OCc1cccc(-c2ccc3nc(-c4ccc5[nH]ccc5c4)cn3c2)c1. The van der Waals surface area contributed by atoms with Crippen molar-refractivity contribution in [1.29, 1.82) is 0 Å². The first-order valence-electron chi connectivity index (χ1n) is 8.57. The smallest absolute Gasteiger partial charge is 0.137 e. The molecule has 0 unspecified atom stereocenters. The Hall–Kier alpha value is -3.37. The molecule has 26 heavy (non-hydrogen) atoms. The third kappa shape index (κ3) is 2.48. The maximum Gasteiger partial charge on any atom is 0.137 e. The lowest BCUT2D eigenvalue weighted by Crippen LogP contribution is -1.87. The van der Waals surface area contributed by atoms with E-state index >= 15 is 0 Å². The van der Waals surface area contributed by atoms with Crippen molar-refractivity contribution in [3.8, 4) is 22.4 Å². The van der Waals surface area contributed by atoms with Crippen LogP contribution in [0.15, 0.2) is 79.3 Å². The van der Waals surface area contributed by atoms with Gasteiger partial charge < -0.3 is 14.5 Å². The molecule has 2 N–H and O–H groups in total. The molecule has 0 aliphatic heterocycles. The largest absolute Gasteiger partial charge is 0.392 e. The lowest BCUT2D eigenvalue weighted by atomic mass is 10.1. The molecular formula is C22H17N3O. The van der Waals surface area contributed by atoms with Gasteiger partial charge in [0.15, 0.2) is 0 Å². The Kier molecular flexibility index (Phi) is 3.37. The van der Waals surface area contributed by atoms with Crippen molar-refractivity contribution >= 4 is 16.6 Å². The van der Waals surface area contributed by atoms with Crippen molar-refractivity contribution in [2.45, 2.75) is 6.61 Å². The molecule has 0 saturated carbocycles. The third-order valence-corrected chi connectivity index (χ3v) is 4.74. The molecule has 126 valence electrons. The van der Waals surface area contributed by atoms with Crippen molar-refractivity contribution < 1.29 is 5.11 Å². The maximum absolute atomic E-state index is 9.35. The second-order valence-electron chi connectivity index (χ2n) is 6.45. The zero-order valence-electron chi connectivity index (χ0n) is 14.1. The van der Waals surface area contributed by atoms with E-state index in [9.17, 15) is 5.11 Å². The van der Waals surface area contributed by atoms with Crippen LogP contribution in [0.4, 0.5) is 0 Å². The molecule has 3 heterocycles. The van der Waals surface area contributed by atoms with Gasteiger partial charge >= 0.3 is 0 Å². The second kappa shape index (κ2) is 5.86. The molecule has 4 nitrogen and oxygen atoms in total. The fourth-order valence-corrected chi connectivity index (χ4v) is 3.36. The summed E-state index contributed by atoms with van der Waals surface area (Å²) in [5.41, 5.74) is 7.19. The minimum Gasteiger partial charge on any atom is -0.392 e. The predicted octanol–water partition coefficient (Wildman–Crippen LogP) is 4.64. The molecule has 3 aromatic heterocycles. The van der Waals surface area contributed by atoms with E-state index in [0.717, 1.165) is 39.1 Å². The summed E-state index contributed by atoms with van der Waals surface area (Å²) in [6.45, 7) is 0.0486. The van der Waals surface area contributed by atoms with Gasteiger partial charge in [0.2, 0.25) is 0 Å². The van der Waals surface area contributed by atoms with E-state index in [-0.39, 0.29) is 6.61 Å².